The van der Waals surface area contributed by atoms with Crippen molar-refractivity contribution in [3.63, 3.8) is 0 Å². The Labute approximate surface area is 66.2 Å². The van der Waals surface area contributed by atoms with Crippen LogP contribution in [0.15, 0.2) is 12.3 Å². The largest absolute Gasteiger partial charge is 0.396 e. The highest BCUT2D eigenvalue weighted by atomic mass is 16.3. The standard InChI is InChI=1S/C8H14N2O/c1-6-4-8(10-5-6)7(9)2-3-11/h4-5,7,10-11H,2-3,9H2,1H3. The molecule has 0 saturated carbocycles. The van der Waals surface area contributed by atoms with E-state index in [9.17, 15) is 0 Å². The van der Waals surface area contributed by atoms with Crippen LogP contribution in [0.4, 0.5) is 0 Å². The van der Waals surface area contributed by atoms with Crippen molar-refractivity contribution in [3.05, 3.63) is 23.5 Å². The monoisotopic (exact) mass is 154 g/mol. The summed E-state index contributed by atoms with van der Waals surface area (Å²) in [4.78, 5) is 3.05. The lowest BCUT2D eigenvalue weighted by molar-refractivity contribution is 0.276. The lowest BCUT2D eigenvalue weighted by Gasteiger charge is -2.06. The van der Waals surface area contributed by atoms with Crippen LogP contribution in [-0.2, 0) is 0 Å². The molecule has 0 radical (unpaired) electrons. The smallest absolute Gasteiger partial charge is 0.0469 e. The average molecular weight is 154 g/mol. The fraction of sp³-hybridized carbons (Fsp3) is 0.500. The normalized spacial score (nSPS) is 13.4. The molecule has 4 N–H and O–H groups in total. The Hall–Kier alpha value is -0.800. The maximum atomic E-state index is 8.61. The second-order valence-corrected chi connectivity index (χ2v) is 2.75. The van der Waals surface area contributed by atoms with Crippen LogP contribution in [0.2, 0.25) is 0 Å². The van der Waals surface area contributed by atoms with Gasteiger partial charge in [0.05, 0.1) is 0 Å². The summed E-state index contributed by atoms with van der Waals surface area (Å²) >= 11 is 0. The second kappa shape index (κ2) is 3.55. The van der Waals surface area contributed by atoms with Crippen LogP contribution in [0, 0.1) is 6.92 Å². The van der Waals surface area contributed by atoms with Crippen molar-refractivity contribution in [2.24, 2.45) is 5.73 Å². The molecule has 3 nitrogen and oxygen atoms in total. The minimum absolute atomic E-state index is 0.0614. The van der Waals surface area contributed by atoms with E-state index in [2.05, 4.69) is 4.98 Å². The van der Waals surface area contributed by atoms with E-state index in [-0.39, 0.29) is 12.6 Å². The Morgan fingerprint density at radius 2 is 2.45 bits per heavy atom. The van der Waals surface area contributed by atoms with Gasteiger partial charge in [-0.05, 0) is 25.0 Å². The molecule has 1 aromatic heterocycles. The quantitative estimate of drug-likeness (QED) is 0.600. The number of rotatable bonds is 3. The van der Waals surface area contributed by atoms with Gasteiger partial charge in [0, 0.05) is 24.5 Å². The van der Waals surface area contributed by atoms with E-state index in [1.807, 2.05) is 19.2 Å². The molecule has 11 heavy (non-hydrogen) atoms. The van der Waals surface area contributed by atoms with Crippen LogP contribution in [0.3, 0.4) is 0 Å². The highest BCUT2D eigenvalue weighted by molar-refractivity contribution is 5.17. The van der Waals surface area contributed by atoms with Crippen LogP contribution >= 0.6 is 0 Å². The molecule has 0 fully saturated rings. The zero-order valence-electron chi connectivity index (χ0n) is 6.67. The SMILES string of the molecule is Cc1c[nH]c(C(N)CCO)c1. The van der Waals surface area contributed by atoms with Crippen molar-refractivity contribution < 1.29 is 5.11 Å². The van der Waals surface area contributed by atoms with Crippen molar-refractivity contribution in [2.75, 3.05) is 6.61 Å². The first-order valence-electron chi connectivity index (χ1n) is 3.75. The van der Waals surface area contributed by atoms with E-state index in [0.717, 1.165) is 5.69 Å². The molecule has 0 amide bonds. The molecular weight excluding hydrogens is 140 g/mol. The van der Waals surface area contributed by atoms with Gasteiger partial charge in [0.2, 0.25) is 0 Å². The number of hydrogen-bond acceptors (Lipinski definition) is 2. The van der Waals surface area contributed by atoms with E-state index in [0.29, 0.717) is 6.42 Å². The second-order valence-electron chi connectivity index (χ2n) is 2.75. The van der Waals surface area contributed by atoms with Gasteiger partial charge in [-0.1, -0.05) is 0 Å². The molecule has 0 aliphatic carbocycles. The Kier molecular flexibility index (Phi) is 2.68. The molecule has 0 spiro atoms. The van der Waals surface area contributed by atoms with Crippen LogP contribution < -0.4 is 5.73 Å². The van der Waals surface area contributed by atoms with Crippen LogP contribution in [0.5, 0.6) is 0 Å². The minimum atomic E-state index is -0.0614. The number of aromatic nitrogens is 1. The lowest BCUT2D eigenvalue weighted by Crippen LogP contribution is -2.11. The number of nitrogens with one attached hydrogen (secondary N) is 1. The lowest BCUT2D eigenvalue weighted by atomic mass is 10.1. The number of aliphatic hydroxyl groups is 1. The van der Waals surface area contributed by atoms with Gasteiger partial charge in [-0.25, -0.2) is 0 Å². The summed E-state index contributed by atoms with van der Waals surface area (Å²) in [5.41, 5.74) is 7.90. The average Bonchev–Trinajstić information content (AvgIpc) is 2.36. The topological polar surface area (TPSA) is 62.0 Å². The maximum Gasteiger partial charge on any atom is 0.0469 e. The summed E-state index contributed by atoms with van der Waals surface area (Å²) in [7, 11) is 0. The van der Waals surface area contributed by atoms with Gasteiger partial charge in [0.1, 0.15) is 0 Å². The molecule has 62 valence electrons. The first-order chi connectivity index (χ1) is 5.24. The number of H-pyrrole nitrogens is 1. The number of hydrogen-bond donors (Lipinski definition) is 3. The highest BCUT2D eigenvalue weighted by Gasteiger charge is 2.05. The highest BCUT2D eigenvalue weighted by Crippen LogP contribution is 2.12. The van der Waals surface area contributed by atoms with Crippen molar-refractivity contribution in [2.45, 2.75) is 19.4 Å². The minimum Gasteiger partial charge on any atom is -0.396 e. The van der Waals surface area contributed by atoms with Crippen molar-refractivity contribution >= 4 is 0 Å². The Morgan fingerprint density at radius 3 is 2.91 bits per heavy atom. The Balaban J connectivity index is 2.60. The molecular formula is C8H14N2O. The third kappa shape index (κ3) is 2.06. The van der Waals surface area contributed by atoms with Gasteiger partial charge >= 0.3 is 0 Å². The number of aromatic amines is 1. The molecule has 1 unspecified atom stereocenters. The van der Waals surface area contributed by atoms with Gasteiger partial charge in [-0.2, -0.15) is 0 Å². The predicted octanol–water partition coefficient (Wildman–Crippen LogP) is 0.705. The molecule has 0 saturated heterocycles. The van der Waals surface area contributed by atoms with E-state index >= 15 is 0 Å². The molecule has 3 heteroatoms. The molecule has 0 aliphatic rings. The first-order valence-corrected chi connectivity index (χ1v) is 3.75. The van der Waals surface area contributed by atoms with Crippen molar-refractivity contribution in [1.29, 1.82) is 0 Å². The summed E-state index contributed by atoms with van der Waals surface area (Å²) in [6.07, 6.45) is 2.52. The van der Waals surface area contributed by atoms with Crippen LogP contribution in [0.25, 0.3) is 0 Å². The number of nitrogens with two attached hydrogens (primary N) is 1. The zero-order valence-corrected chi connectivity index (χ0v) is 6.67. The molecule has 1 aromatic rings. The molecule has 1 atom stereocenters. The van der Waals surface area contributed by atoms with Crippen LogP contribution in [-0.4, -0.2) is 16.7 Å². The van der Waals surface area contributed by atoms with Gasteiger partial charge in [0.25, 0.3) is 0 Å². The molecule has 0 aromatic carbocycles. The summed E-state index contributed by atoms with van der Waals surface area (Å²) in [5.74, 6) is 0. The fourth-order valence-corrected chi connectivity index (χ4v) is 1.03. The molecule has 1 heterocycles. The zero-order chi connectivity index (χ0) is 8.27. The van der Waals surface area contributed by atoms with Gasteiger partial charge in [0.15, 0.2) is 0 Å². The third-order valence-electron chi connectivity index (χ3n) is 1.69. The summed E-state index contributed by atoms with van der Waals surface area (Å²) in [6, 6.07) is 1.94. The van der Waals surface area contributed by atoms with Gasteiger partial charge in [-0.3, -0.25) is 0 Å². The molecule has 1 rings (SSSR count). The van der Waals surface area contributed by atoms with Crippen LogP contribution in [0.1, 0.15) is 23.7 Å². The van der Waals surface area contributed by atoms with E-state index < -0.39 is 0 Å². The maximum absolute atomic E-state index is 8.61. The number of aryl methyl sites for hydroxylation is 1. The van der Waals surface area contributed by atoms with Crippen molar-refractivity contribution in [3.8, 4) is 0 Å². The van der Waals surface area contributed by atoms with Gasteiger partial charge in [-0.15, -0.1) is 0 Å². The van der Waals surface area contributed by atoms with E-state index in [4.69, 9.17) is 10.8 Å². The number of aliphatic hydroxyl groups excluding tert-OH is 1. The molecule has 0 aliphatic heterocycles. The van der Waals surface area contributed by atoms with Crippen molar-refractivity contribution in [1.82, 2.24) is 4.98 Å². The summed E-state index contributed by atoms with van der Waals surface area (Å²) in [6.45, 7) is 2.14. The summed E-state index contributed by atoms with van der Waals surface area (Å²) in [5, 5.41) is 8.61. The van der Waals surface area contributed by atoms with Gasteiger partial charge < -0.3 is 15.8 Å². The van der Waals surface area contributed by atoms with E-state index in [1.54, 1.807) is 0 Å². The predicted molar refractivity (Wildman–Crippen MR) is 44.2 cm³/mol. The molecule has 0 bridgehead atoms. The third-order valence-corrected chi connectivity index (χ3v) is 1.69. The first kappa shape index (κ1) is 8.30. The summed E-state index contributed by atoms with van der Waals surface area (Å²) < 4.78 is 0. The van der Waals surface area contributed by atoms with E-state index in [1.165, 1.54) is 5.56 Å². The Bertz CT molecular complexity index is 220. The Morgan fingerprint density at radius 1 is 1.73 bits per heavy atom. The fourth-order valence-electron chi connectivity index (χ4n) is 1.03.